The molecule has 2 aromatic heterocycles. The van der Waals surface area contributed by atoms with Crippen molar-refractivity contribution in [1.82, 2.24) is 15.0 Å². The molecule has 4 aromatic rings. The third-order valence-corrected chi connectivity index (χ3v) is 5.10. The van der Waals surface area contributed by atoms with E-state index in [9.17, 15) is 4.79 Å². The number of anilines is 1. The quantitative estimate of drug-likeness (QED) is 0.556. The molecule has 27 heavy (non-hydrogen) atoms. The van der Waals surface area contributed by atoms with Crippen LogP contribution in [0.1, 0.15) is 0 Å². The zero-order chi connectivity index (χ0) is 19.1. The van der Waals surface area contributed by atoms with E-state index in [1.54, 1.807) is 24.3 Å². The minimum atomic E-state index is -0.266. The predicted octanol–water partition coefficient (Wildman–Crippen LogP) is 2.81. The van der Waals surface area contributed by atoms with Gasteiger partial charge < -0.3 is 24.9 Å². The second-order valence-electron chi connectivity index (χ2n) is 5.69. The molecule has 0 aliphatic rings. The molecule has 0 aliphatic heterocycles. The van der Waals surface area contributed by atoms with Gasteiger partial charge in [-0.1, -0.05) is 11.3 Å². The van der Waals surface area contributed by atoms with E-state index in [1.165, 1.54) is 32.7 Å². The SMILES string of the molecule is COc1cc(-c2nc3ccc4nc(N)sc4c3c(=O)[nH]2)cc(OC)c1OC. The molecule has 8 nitrogen and oxygen atoms in total. The number of benzene rings is 2. The fraction of sp³-hybridized carbons (Fsp3) is 0.167. The van der Waals surface area contributed by atoms with Crippen LogP contribution < -0.4 is 25.5 Å². The lowest BCUT2D eigenvalue weighted by molar-refractivity contribution is 0.324. The number of hydrogen-bond donors (Lipinski definition) is 2. The van der Waals surface area contributed by atoms with Gasteiger partial charge in [-0.3, -0.25) is 4.79 Å². The average Bonchev–Trinajstić information content (AvgIpc) is 3.06. The summed E-state index contributed by atoms with van der Waals surface area (Å²) < 4.78 is 16.8. The molecule has 9 heteroatoms. The molecule has 0 bridgehead atoms. The molecule has 0 spiro atoms. The number of hydrogen-bond acceptors (Lipinski definition) is 8. The Balaban J connectivity index is 1.97. The van der Waals surface area contributed by atoms with Crippen molar-refractivity contribution in [3.8, 4) is 28.6 Å². The van der Waals surface area contributed by atoms with Crippen molar-refractivity contribution in [3.05, 3.63) is 34.6 Å². The minimum Gasteiger partial charge on any atom is -0.493 e. The smallest absolute Gasteiger partial charge is 0.260 e. The zero-order valence-electron chi connectivity index (χ0n) is 14.8. The highest BCUT2D eigenvalue weighted by Crippen LogP contribution is 2.40. The summed E-state index contributed by atoms with van der Waals surface area (Å²) in [4.78, 5) is 24.4. The zero-order valence-corrected chi connectivity index (χ0v) is 15.6. The van der Waals surface area contributed by atoms with Crippen molar-refractivity contribution in [2.45, 2.75) is 0 Å². The average molecular weight is 384 g/mol. The molecule has 0 atom stereocenters. The molecule has 0 saturated heterocycles. The van der Waals surface area contributed by atoms with Crippen LogP contribution in [-0.4, -0.2) is 36.3 Å². The monoisotopic (exact) mass is 384 g/mol. The Kier molecular flexibility index (Phi) is 4.08. The van der Waals surface area contributed by atoms with Gasteiger partial charge in [0.15, 0.2) is 16.6 Å². The Hall–Kier alpha value is -3.33. The van der Waals surface area contributed by atoms with E-state index in [0.29, 0.717) is 50.2 Å². The normalized spacial score (nSPS) is 11.1. The molecule has 0 aliphatic carbocycles. The van der Waals surface area contributed by atoms with Crippen LogP contribution in [0.2, 0.25) is 0 Å². The number of ether oxygens (including phenoxy) is 3. The van der Waals surface area contributed by atoms with Gasteiger partial charge >= 0.3 is 0 Å². The molecular weight excluding hydrogens is 368 g/mol. The van der Waals surface area contributed by atoms with E-state index in [4.69, 9.17) is 19.9 Å². The van der Waals surface area contributed by atoms with E-state index in [1.807, 2.05) is 0 Å². The summed E-state index contributed by atoms with van der Waals surface area (Å²) in [6.07, 6.45) is 0. The van der Waals surface area contributed by atoms with Crippen molar-refractivity contribution >= 4 is 37.6 Å². The van der Waals surface area contributed by atoms with Crippen LogP contribution in [0, 0.1) is 0 Å². The number of methoxy groups -OCH3 is 3. The van der Waals surface area contributed by atoms with E-state index >= 15 is 0 Å². The molecule has 0 unspecified atom stereocenters. The van der Waals surface area contributed by atoms with E-state index < -0.39 is 0 Å². The van der Waals surface area contributed by atoms with Gasteiger partial charge in [0.2, 0.25) is 5.75 Å². The fourth-order valence-electron chi connectivity index (χ4n) is 2.98. The number of aromatic nitrogens is 3. The molecule has 0 saturated carbocycles. The van der Waals surface area contributed by atoms with Gasteiger partial charge in [-0.25, -0.2) is 9.97 Å². The van der Waals surface area contributed by atoms with Gasteiger partial charge in [-0.2, -0.15) is 0 Å². The van der Waals surface area contributed by atoms with Gasteiger partial charge in [-0.05, 0) is 24.3 Å². The van der Waals surface area contributed by atoms with Crippen LogP contribution in [0.4, 0.5) is 5.13 Å². The summed E-state index contributed by atoms with van der Waals surface area (Å²) >= 11 is 1.26. The second-order valence-corrected chi connectivity index (χ2v) is 6.72. The van der Waals surface area contributed by atoms with E-state index in [2.05, 4.69) is 15.0 Å². The summed E-state index contributed by atoms with van der Waals surface area (Å²) in [6, 6.07) is 7.02. The third-order valence-electron chi connectivity index (χ3n) is 4.18. The Morgan fingerprint density at radius 3 is 2.30 bits per heavy atom. The Bertz CT molecular complexity index is 1210. The number of nitrogens with one attached hydrogen (secondary N) is 1. The molecule has 0 fully saturated rings. The molecule has 2 heterocycles. The molecule has 2 aromatic carbocycles. The van der Waals surface area contributed by atoms with E-state index in [0.717, 1.165) is 4.70 Å². The molecular formula is C18H16N4O4S. The number of thiazole rings is 1. The van der Waals surface area contributed by atoms with Crippen molar-refractivity contribution in [1.29, 1.82) is 0 Å². The first kappa shape index (κ1) is 17.1. The molecule has 4 rings (SSSR count). The van der Waals surface area contributed by atoms with Crippen molar-refractivity contribution in [3.63, 3.8) is 0 Å². The largest absolute Gasteiger partial charge is 0.493 e. The number of nitrogen functional groups attached to an aromatic ring is 1. The molecule has 0 amide bonds. The molecule has 3 N–H and O–H groups in total. The number of nitrogens with zero attached hydrogens (tertiary/aromatic N) is 2. The van der Waals surface area contributed by atoms with Gasteiger partial charge in [0.05, 0.1) is 42.4 Å². The summed E-state index contributed by atoms with van der Waals surface area (Å²) in [5, 5.41) is 0.878. The van der Waals surface area contributed by atoms with Crippen molar-refractivity contribution in [2.24, 2.45) is 0 Å². The summed E-state index contributed by atoms with van der Waals surface area (Å²) in [7, 11) is 4.59. The maximum Gasteiger partial charge on any atom is 0.260 e. The Morgan fingerprint density at radius 1 is 1.00 bits per heavy atom. The fourth-order valence-corrected chi connectivity index (χ4v) is 3.86. The number of rotatable bonds is 4. The van der Waals surface area contributed by atoms with Crippen LogP contribution in [0.25, 0.3) is 32.5 Å². The van der Waals surface area contributed by atoms with Gasteiger partial charge in [0.1, 0.15) is 5.82 Å². The highest BCUT2D eigenvalue weighted by atomic mass is 32.1. The Labute approximate surface area is 157 Å². The first-order valence-corrected chi connectivity index (χ1v) is 8.76. The number of H-pyrrole nitrogens is 1. The first-order chi connectivity index (χ1) is 13.0. The number of aromatic amines is 1. The highest BCUT2D eigenvalue weighted by Gasteiger charge is 2.17. The van der Waals surface area contributed by atoms with Crippen LogP contribution in [0.3, 0.4) is 0 Å². The van der Waals surface area contributed by atoms with Crippen molar-refractivity contribution < 1.29 is 14.2 Å². The molecule has 0 radical (unpaired) electrons. The lowest BCUT2D eigenvalue weighted by Crippen LogP contribution is -2.10. The van der Waals surface area contributed by atoms with Gasteiger partial charge in [0, 0.05) is 5.56 Å². The Morgan fingerprint density at radius 2 is 1.67 bits per heavy atom. The number of nitrogens with two attached hydrogens (primary N) is 1. The van der Waals surface area contributed by atoms with Crippen LogP contribution in [-0.2, 0) is 0 Å². The maximum atomic E-state index is 12.8. The summed E-state index contributed by atoms with van der Waals surface area (Å²) in [5.41, 5.74) is 7.38. The van der Waals surface area contributed by atoms with Crippen LogP contribution >= 0.6 is 11.3 Å². The second kappa shape index (κ2) is 6.44. The molecule has 138 valence electrons. The lowest BCUT2D eigenvalue weighted by atomic mass is 10.1. The lowest BCUT2D eigenvalue weighted by Gasteiger charge is -2.14. The summed E-state index contributed by atoms with van der Waals surface area (Å²) in [6.45, 7) is 0. The number of fused-ring (bicyclic) bond motifs is 3. The van der Waals surface area contributed by atoms with Crippen LogP contribution in [0.15, 0.2) is 29.1 Å². The first-order valence-electron chi connectivity index (χ1n) is 7.95. The van der Waals surface area contributed by atoms with Crippen LogP contribution in [0.5, 0.6) is 17.2 Å². The standard InChI is InChI=1S/C18H16N4O4S/c1-24-11-6-8(7-12(25-2)14(11)26-3)16-20-9-4-5-10-15(27-18(19)21-10)13(9)17(23)22-16/h4-7H,1-3H3,(H2,19,21)(H,20,22,23). The van der Waals surface area contributed by atoms with Gasteiger partial charge in [-0.15, -0.1) is 0 Å². The summed E-state index contributed by atoms with van der Waals surface area (Å²) in [5.74, 6) is 1.80. The minimum absolute atomic E-state index is 0.266. The van der Waals surface area contributed by atoms with Crippen molar-refractivity contribution in [2.75, 3.05) is 27.1 Å². The predicted molar refractivity (Wildman–Crippen MR) is 105 cm³/mol. The topological polar surface area (TPSA) is 112 Å². The van der Waals surface area contributed by atoms with Gasteiger partial charge in [0.25, 0.3) is 5.56 Å². The van der Waals surface area contributed by atoms with E-state index in [-0.39, 0.29) is 5.56 Å². The highest BCUT2D eigenvalue weighted by molar-refractivity contribution is 7.22. The maximum absolute atomic E-state index is 12.8. The third kappa shape index (κ3) is 2.72.